The van der Waals surface area contributed by atoms with Crippen molar-refractivity contribution in [3.05, 3.63) is 35.4 Å². The third-order valence-corrected chi connectivity index (χ3v) is 7.76. The van der Waals surface area contributed by atoms with Gasteiger partial charge in [0.15, 0.2) is 0 Å². The molecule has 0 radical (unpaired) electrons. The summed E-state index contributed by atoms with van der Waals surface area (Å²) in [6.45, 7) is 13.1. The highest BCUT2D eigenvalue weighted by atomic mass is 16.5. The van der Waals surface area contributed by atoms with Crippen molar-refractivity contribution in [1.82, 2.24) is 15.5 Å². The highest BCUT2D eigenvalue weighted by Crippen LogP contribution is 2.33. The predicted molar refractivity (Wildman–Crippen MR) is 136 cm³/mol. The lowest BCUT2D eigenvalue weighted by molar-refractivity contribution is -0.123. The van der Waals surface area contributed by atoms with E-state index in [-0.39, 0.29) is 30.0 Å². The van der Waals surface area contributed by atoms with Gasteiger partial charge in [-0.25, -0.2) is 0 Å². The molecule has 2 fully saturated rings. The zero-order chi connectivity index (χ0) is 24.1. The van der Waals surface area contributed by atoms with Crippen molar-refractivity contribution < 1.29 is 14.3 Å². The monoisotopic (exact) mass is 468 g/mol. The van der Waals surface area contributed by atoms with E-state index in [9.17, 15) is 9.59 Å². The molecule has 5 unspecified atom stereocenters. The highest BCUT2D eigenvalue weighted by molar-refractivity contribution is 5.89. The molecule has 0 saturated carbocycles. The van der Waals surface area contributed by atoms with E-state index in [4.69, 9.17) is 4.74 Å². The number of nitrogens with one attached hydrogen (secondary N) is 3. The molecular weight excluding hydrogens is 428 g/mol. The van der Waals surface area contributed by atoms with E-state index in [0.717, 1.165) is 67.7 Å². The Morgan fingerprint density at radius 1 is 1.35 bits per heavy atom. The van der Waals surface area contributed by atoms with Crippen LogP contribution in [0.2, 0.25) is 0 Å². The van der Waals surface area contributed by atoms with Gasteiger partial charge < -0.3 is 25.5 Å². The van der Waals surface area contributed by atoms with Crippen molar-refractivity contribution in [2.24, 2.45) is 11.8 Å². The first-order valence-electron chi connectivity index (χ1n) is 12.8. The molecule has 2 saturated heterocycles. The van der Waals surface area contributed by atoms with Crippen molar-refractivity contribution in [1.29, 1.82) is 0 Å². The first-order valence-corrected chi connectivity index (χ1v) is 12.8. The number of nitrogens with zero attached hydrogens (tertiary/aromatic N) is 1. The largest absolute Gasteiger partial charge is 0.379 e. The van der Waals surface area contributed by atoms with Crippen LogP contribution >= 0.6 is 0 Å². The normalized spacial score (nSPS) is 26.7. The number of ether oxygens (including phenoxy) is 1. The Bertz CT molecular complexity index is 883. The zero-order valence-electron chi connectivity index (χ0n) is 20.6. The molecule has 1 amide bonds. The number of amides is 1. The summed E-state index contributed by atoms with van der Waals surface area (Å²) in [7, 11) is 0. The van der Waals surface area contributed by atoms with Gasteiger partial charge in [0, 0.05) is 49.7 Å². The Labute approximate surface area is 203 Å². The molecular formula is C27H40N4O3. The summed E-state index contributed by atoms with van der Waals surface area (Å²) in [5.74, 6) is 0.326. The number of benzene rings is 1. The quantitative estimate of drug-likeness (QED) is 0.483. The minimum Gasteiger partial charge on any atom is -0.379 e. The third kappa shape index (κ3) is 5.70. The van der Waals surface area contributed by atoms with E-state index in [1.54, 1.807) is 0 Å². The van der Waals surface area contributed by atoms with Gasteiger partial charge in [-0.05, 0) is 55.3 Å². The second-order valence-electron chi connectivity index (χ2n) is 10.2. The van der Waals surface area contributed by atoms with Gasteiger partial charge in [-0.15, -0.1) is 0 Å². The molecule has 1 aromatic carbocycles. The average Bonchev–Trinajstić information content (AvgIpc) is 3.31. The molecule has 3 N–H and O–H groups in total. The van der Waals surface area contributed by atoms with Crippen LogP contribution in [0.5, 0.6) is 0 Å². The number of fused-ring (bicyclic) bond motifs is 1. The number of carbonyl (C=O) groups is 2. The van der Waals surface area contributed by atoms with Crippen LogP contribution in [0.4, 0.5) is 5.69 Å². The summed E-state index contributed by atoms with van der Waals surface area (Å²) in [6.07, 6.45) is 6.50. The third-order valence-electron chi connectivity index (χ3n) is 7.76. The number of anilines is 1. The fourth-order valence-corrected chi connectivity index (χ4v) is 5.79. The first-order chi connectivity index (χ1) is 16.5. The number of hydrogen-bond acceptors (Lipinski definition) is 6. The first kappa shape index (κ1) is 24.9. The lowest BCUT2D eigenvalue weighted by Crippen LogP contribution is -2.58. The van der Waals surface area contributed by atoms with Crippen LogP contribution < -0.4 is 16.0 Å². The van der Waals surface area contributed by atoms with Crippen LogP contribution in [0.1, 0.15) is 42.9 Å². The summed E-state index contributed by atoms with van der Waals surface area (Å²) >= 11 is 0. The lowest BCUT2D eigenvalue weighted by Gasteiger charge is -2.39. The molecule has 3 heterocycles. The van der Waals surface area contributed by atoms with Gasteiger partial charge in [0.1, 0.15) is 12.3 Å². The van der Waals surface area contributed by atoms with Crippen molar-refractivity contribution >= 4 is 24.0 Å². The van der Waals surface area contributed by atoms with Gasteiger partial charge in [0.25, 0.3) is 0 Å². The predicted octanol–water partition coefficient (Wildman–Crippen LogP) is 2.38. The molecule has 0 spiro atoms. The molecule has 4 rings (SSSR count). The number of rotatable bonds is 9. The molecule has 3 aliphatic heterocycles. The minimum atomic E-state index is -0.315. The summed E-state index contributed by atoms with van der Waals surface area (Å²) in [4.78, 5) is 27.9. The summed E-state index contributed by atoms with van der Waals surface area (Å²) in [5, 5.41) is 10.5. The fraction of sp³-hybridized carbons (Fsp3) is 0.630. The molecule has 1 aromatic rings. The Kier molecular flexibility index (Phi) is 8.40. The Hall–Kier alpha value is -2.22. The number of carbonyl (C=O) groups excluding carboxylic acids is 2. The van der Waals surface area contributed by atoms with Crippen LogP contribution in [0, 0.1) is 18.8 Å². The summed E-state index contributed by atoms with van der Waals surface area (Å²) in [5.41, 5.74) is 4.43. The minimum absolute atomic E-state index is 0.00575. The van der Waals surface area contributed by atoms with Crippen LogP contribution in [-0.2, 0) is 20.7 Å². The van der Waals surface area contributed by atoms with E-state index in [2.05, 4.69) is 53.4 Å². The molecule has 0 aromatic heterocycles. The van der Waals surface area contributed by atoms with Crippen LogP contribution in [0.25, 0.3) is 6.08 Å². The Balaban J connectivity index is 1.46. The second kappa shape index (κ2) is 11.5. The van der Waals surface area contributed by atoms with E-state index in [1.807, 2.05) is 6.08 Å². The van der Waals surface area contributed by atoms with Gasteiger partial charge in [0.05, 0.1) is 13.2 Å². The number of morpholine rings is 1. The fourth-order valence-electron chi connectivity index (χ4n) is 5.79. The molecule has 7 nitrogen and oxygen atoms in total. The van der Waals surface area contributed by atoms with Crippen LogP contribution in [0.3, 0.4) is 0 Å². The number of aryl methyl sites for hydroxylation is 1. The van der Waals surface area contributed by atoms with Crippen LogP contribution in [-0.4, -0.2) is 74.6 Å². The molecule has 3 aliphatic rings. The standard InChI is InChI=1S/C27H40N4O3/c1-4-21-8-7-19(3)25-22(21)15-24(29-25)27(33)30-23(26-18(2)6-5-9-28-26)14-20(17-32)16-31-10-12-34-13-11-31/h4,7-8,17-18,20,23-24,26,28-29H,1,5-6,9-16H2,2-3H3,(H,30,33). The van der Waals surface area contributed by atoms with Gasteiger partial charge in [-0.2, -0.15) is 0 Å². The molecule has 186 valence electrons. The molecule has 7 heteroatoms. The van der Waals surface area contributed by atoms with Gasteiger partial charge in [-0.3, -0.25) is 9.69 Å². The SMILES string of the molecule is C=Cc1ccc(C)c2c1CC(C(=O)NC(CC(C=O)CN1CCOCC1)C1NCCCC1C)N2. The zero-order valence-corrected chi connectivity index (χ0v) is 20.6. The van der Waals surface area contributed by atoms with Gasteiger partial charge >= 0.3 is 0 Å². The van der Waals surface area contributed by atoms with Crippen molar-refractivity contribution in [2.45, 2.75) is 57.7 Å². The van der Waals surface area contributed by atoms with E-state index in [1.165, 1.54) is 0 Å². The number of aldehydes is 1. The smallest absolute Gasteiger partial charge is 0.243 e. The second-order valence-corrected chi connectivity index (χ2v) is 10.2. The van der Waals surface area contributed by atoms with Crippen molar-refractivity contribution in [3.8, 4) is 0 Å². The summed E-state index contributed by atoms with van der Waals surface area (Å²) in [6, 6.07) is 3.90. The number of hydrogen-bond donors (Lipinski definition) is 3. The van der Waals surface area contributed by atoms with Crippen molar-refractivity contribution in [3.63, 3.8) is 0 Å². The molecule has 0 aliphatic carbocycles. The summed E-state index contributed by atoms with van der Waals surface area (Å²) < 4.78 is 5.46. The maximum absolute atomic E-state index is 13.5. The highest BCUT2D eigenvalue weighted by Gasteiger charge is 2.36. The molecule has 5 atom stereocenters. The molecule has 34 heavy (non-hydrogen) atoms. The molecule has 0 bridgehead atoms. The van der Waals surface area contributed by atoms with E-state index in [0.29, 0.717) is 32.0 Å². The van der Waals surface area contributed by atoms with Crippen molar-refractivity contribution in [2.75, 3.05) is 44.7 Å². The average molecular weight is 469 g/mol. The topological polar surface area (TPSA) is 82.7 Å². The maximum Gasteiger partial charge on any atom is 0.243 e. The van der Waals surface area contributed by atoms with E-state index < -0.39 is 0 Å². The number of piperidine rings is 1. The van der Waals surface area contributed by atoms with Crippen LogP contribution in [0.15, 0.2) is 18.7 Å². The lowest BCUT2D eigenvalue weighted by atomic mass is 9.83. The van der Waals surface area contributed by atoms with E-state index >= 15 is 0 Å². The Morgan fingerprint density at radius 3 is 2.85 bits per heavy atom. The van der Waals surface area contributed by atoms with Gasteiger partial charge in [0.2, 0.25) is 5.91 Å². The maximum atomic E-state index is 13.5. The Morgan fingerprint density at radius 2 is 2.15 bits per heavy atom. The van der Waals surface area contributed by atoms with Gasteiger partial charge in [-0.1, -0.05) is 31.7 Å².